The Morgan fingerprint density at radius 2 is 1.89 bits per heavy atom. The molecule has 0 aliphatic carbocycles. The second kappa shape index (κ2) is 8.66. The topological polar surface area (TPSA) is 12.0 Å². The summed E-state index contributed by atoms with van der Waals surface area (Å²) in [4.78, 5) is 0. The summed E-state index contributed by atoms with van der Waals surface area (Å²) in [5, 5.41) is 3.40. The van der Waals surface area contributed by atoms with Crippen LogP contribution in [0.1, 0.15) is 38.7 Å². The third kappa shape index (κ3) is 6.35. The van der Waals surface area contributed by atoms with Crippen LogP contribution in [0.4, 0.5) is 8.78 Å². The average molecular weight is 265 g/mol. The van der Waals surface area contributed by atoms with E-state index in [2.05, 4.69) is 24.1 Å². The summed E-state index contributed by atoms with van der Waals surface area (Å²) in [5.74, 6) is 4.86. The van der Waals surface area contributed by atoms with Crippen LogP contribution in [0, 0.1) is 23.5 Å². The van der Waals surface area contributed by atoms with Crippen molar-refractivity contribution in [3.63, 3.8) is 0 Å². The lowest BCUT2D eigenvalue weighted by atomic mass is 10.0. The Bertz CT molecular complexity index is 426. The standard InChI is InChI=1S/C16H21F2N/c1-3-5-6-7-16(19-8-4-2)11-13-9-14(17)12-15(18)10-13/h9-10,12,16,19H,4,6-8,11H2,1-2H3. The highest BCUT2D eigenvalue weighted by Crippen LogP contribution is 2.12. The molecule has 0 aromatic heterocycles. The Morgan fingerprint density at radius 1 is 1.21 bits per heavy atom. The van der Waals surface area contributed by atoms with Crippen molar-refractivity contribution >= 4 is 0 Å². The summed E-state index contributed by atoms with van der Waals surface area (Å²) in [7, 11) is 0. The van der Waals surface area contributed by atoms with Gasteiger partial charge >= 0.3 is 0 Å². The first-order chi connectivity index (χ1) is 9.15. The van der Waals surface area contributed by atoms with Crippen molar-refractivity contribution in [2.24, 2.45) is 0 Å². The van der Waals surface area contributed by atoms with E-state index < -0.39 is 11.6 Å². The SMILES string of the molecule is CC#CCCC(Cc1cc(F)cc(F)c1)NCCC. The predicted octanol–water partition coefficient (Wildman–Crippen LogP) is 3.68. The summed E-state index contributed by atoms with van der Waals surface area (Å²) in [6, 6.07) is 3.91. The van der Waals surface area contributed by atoms with E-state index in [1.807, 2.05) is 6.92 Å². The van der Waals surface area contributed by atoms with Crippen molar-refractivity contribution in [3.8, 4) is 11.8 Å². The van der Waals surface area contributed by atoms with Gasteiger partial charge in [-0.15, -0.1) is 11.8 Å². The van der Waals surface area contributed by atoms with Gasteiger partial charge < -0.3 is 5.32 Å². The van der Waals surface area contributed by atoms with Gasteiger partial charge in [0, 0.05) is 18.5 Å². The van der Waals surface area contributed by atoms with E-state index >= 15 is 0 Å². The smallest absolute Gasteiger partial charge is 0.126 e. The molecule has 1 unspecified atom stereocenters. The molecular weight excluding hydrogens is 244 g/mol. The molecule has 1 aromatic rings. The minimum absolute atomic E-state index is 0.210. The summed E-state index contributed by atoms with van der Waals surface area (Å²) >= 11 is 0. The molecule has 1 aromatic carbocycles. The van der Waals surface area contributed by atoms with E-state index in [0.717, 1.165) is 31.9 Å². The van der Waals surface area contributed by atoms with Gasteiger partial charge in [0.25, 0.3) is 0 Å². The first-order valence-corrected chi connectivity index (χ1v) is 6.73. The summed E-state index contributed by atoms with van der Waals surface area (Å²) in [6.45, 7) is 4.82. The van der Waals surface area contributed by atoms with Crippen LogP contribution >= 0.6 is 0 Å². The normalized spacial score (nSPS) is 11.8. The minimum atomic E-state index is -0.516. The summed E-state index contributed by atoms with van der Waals surface area (Å²) < 4.78 is 26.3. The van der Waals surface area contributed by atoms with E-state index in [1.54, 1.807) is 0 Å². The molecule has 0 amide bonds. The summed E-state index contributed by atoms with van der Waals surface area (Å²) in [5.41, 5.74) is 0.690. The Labute approximate surface area is 114 Å². The van der Waals surface area contributed by atoms with Gasteiger partial charge in [-0.25, -0.2) is 8.78 Å². The minimum Gasteiger partial charge on any atom is -0.314 e. The van der Waals surface area contributed by atoms with E-state index in [1.165, 1.54) is 12.1 Å². The molecule has 104 valence electrons. The van der Waals surface area contributed by atoms with Crippen LogP contribution in [0.5, 0.6) is 0 Å². The van der Waals surface area contributed by atoms with Crippen LogP contribution in [-0.4, -0.2) is 12.6 Å². The largest absolute Gasteiger partial charge is 0.314 e. The molecule has 0 spiro atoms. The van der Waals surface area contributed by atoms with Crippen molar-refractivity contribution in [2.75, 3.05) is 6.54 Å². The zero-order chi connectivity index (χ0) is 14.1. The molecule has 0 saturated carbocycles. The van der Waals surface area contributed by atoms with Crippen molar-refractivity contribution in [2.45, 2.75) is 45.6 Å². The molecule has 19 heavy (non-hydrogen) atoms. The Balaban J connectivity index is 2.65. The van der Waals surface area contributed by atoms with Crippen LogP contribution in [0.2, 0.25) is 0 Å². The maximum Gasteiger partial charge on any atom is 0.126 e. The lowest BCUT2D eigenvalue weighted by Gasteiger charge is -2.17. The van der Waals surface area contributed by atoms with Crippen LogP contribution in [0.25, 0.3) is 0 Å². The maximum absolute atomic E-state index is 13.2. The Hall–Kier alpha value is -1.40. The number of hydrogen-bond donors (Lipinski definition) is 1. The second-order valence-electron chi connectivity index (χ2n) is 4.60. The maximum atomic E-state index is 13.2. The lowest BCUT2D eigenvalue weighted by Crippen LogP contribution is -2.31. The average Bonchev–Trinajstić information content (AvgIpc) is 2.34. The van der Waals surface area contributed by atoms with Gasteiger partial charge in [-0.2, -0.15) is 0 Å². The molecule has 1 rings (SSSR count). The molecule has 0 saturated heterocycles. The van der Waals surface area contributed by atoms with Crippen LogP contribution in [0.15, 0.2) is 18.2 Å². The highest BCUT2D eigenvalue weighted by atomic mass is 19.1. The number of nitrogens with one attached hydrogen (secondary N) is 1. The van der Waals surface area contributed by atoms with Gasteiger partial charge in [0.05, 0.1) is 0 Å². The monoisotopic (exact) mass is 265 g/mol. The van der Waals surface area contributed by atoms with Crippen molar-refractivity contribution < 1.29 is 8.78 Å². The Kier molecular flexibility index (Phi) is 7.14. The highest BCUT2D eigenvalue weighted by Gasteiger charge is 2.10. The van der Waals surface area contributed by atoms with Crippen LogP contribution in [0.3, 0.4) is 0 Å². The molecule has 1 N–H and O–H groups in total. The van der Waals surface area contributed by atoms with Gasteiger partial charge in [0.1, 0.15) is 11.6 Å². The molecule has 0 aliphatic rings. The van der Waals surface area contributed by atoms with Gasteiger partial charge in [0.15, 0.2) is 0 Å². The van der Waals surface area contributed by atoms with E-state index in [9.17, 15) is 8.78 Å². The molecule has 0 heterocycles. The molecule has 0 fully saturated rings. The molecule has 1 atom stereocenters. The molecule has 0 radical (unpaired) electrons. The molecule has 1 nitrogen and oxygen atoms in total. The second-order valence-corrected chi connectivity index (χ2v) is 4.60. The third-order valence-electron chi connectivity index (χ3n) is 2.88. The van der Waals surface area contributed by atoms with Crippen LogP contribution in [-0.2, 0) is 6.42 Å². The Morgan fingerprint density at radius 3 is 2.47 bits per heavy atom. The lowest BCUT2D eigenvalue weighted by molar-refractivity contribution is 0.480. The fraction of sp³-hybridized carbons (Fsp3) is 0.500. The fourth-order valence-electron chi connectivity index (χ4n) is 2.01. The van der Waals surface area contributed by atoms with Crippen molar-refractivity contribution in [3.05, 3.63) is 35.4 Å². The number of hydrogen-bond acceptors (Lipinski definition) is 1. The van der Waals surface area contributed by atoms with Crippen molar-refractivity contribution in [1.29, 1.82) is 0 Å². The van der Waals surface area contributed by atoms with Gasteiger partial charge in [-0.1, -0.05) is 6.92 Å². The molecular formula is C16H21F2N. The zero-order valence-electron chi connectivity index (χ0n) is 11.6. The van der Waals surface area contributed by atoms with Crippen LogP contribution < -0.4 is 5.32 Å². The number of rotatable bonds is 7. The third-order valence-corrected chi connectivity index (χ3v) is 2.88. The van der Waals surface area contributed by atoms with Crippen molar-refractivity contribution in [1.82, 2.24) is 5.32 Å². The fourth-order valence-corrected chi connectivity index (χ4v) is 2.01. The van der Waals surface area contributed by atoms with Gasteiger partial charge in [0.2, 0.25) is 0 Å². The summed E-state index contributed by atoms with van der Waals surface area (Å²) in [6.07, 6.45) is 3.35. The van der Waals surface area contributed by atoms with E-state index in [0.29, 0.717) is 12.0 Å². The quantitative estimate of drug-likeness (QED) is 0.742. The first kappa shape index (κ1) is 15.7. The number of benzene rings is 1. The molecule has 0 aliphatic heterocycles. The van der Waals surface area contributed by atoms with E-state index in [-0.39, 0.29) is 6.04 Å². The first-order valence-electron chi connectivity index (χ1n) is 6.73. The predicted molar refractivity (Wildman–Crippen MR) is 74.8 cm³/mol. The van der Waals surface area contributed by atoms with Gasteiger partial charge in [-0.3, -0.25) is 0 Å². The highest BCUT2D eigenvalue weighted by molar-refractivity contribution is 5.19. The zero-order valence-corrected chi connectivity index (χ0v) is 11.6. The number of halogens is 2. The van der Waals surface area contributed by atoms with E-state index in [4.69, 9.17) is 0 Å². The molecule has 0 bridgehead atoms. The van der Waals surface area contributed by atoms with Gasteiger partial charge in [-0.05, 0) is 50.4 Å². The molecule has 3 heteroatoms.